The Hall–Kier alpha value is -1.01. The Morgan fingerprint density at radius 1 is 1.33 bits per heavy atom. The summed E-state index contributed by atoms with van der Waals surface area (Å²) in [6.45, 7) is 0. The minimum Gasteiger partial charge on any atom is -0.296 e. The van der Waals surface area contributed by atoms with Crippen molar-refractivity contribution in [1.82, 2.24) is 15.0 Å². The van der Waals surface area contributed by atoms with Crippen molar-refractivity contribution in [2.45, 2.75) is 0 Å². The second kappa shape index (κ2) is 4.24. The van der Waals surface area contributed by atoms with Crippen molar-refractivity contribution >= 4 is 38.1 Å². The van der Waals surface area contributed by atoms with Crippen LogP contribution in [0.4, 0.5) is 0 Å². The number of nitrogens with zero attached hydrogens (tertiary/aromatic N) is 3. The molecule has 15 heavy (non-hydrogen) atoms. The van der Waals surface area contributed by atoms with E-state index < -0.39 is 0 Å². The van der Waals surface area contributed by atoms with Crippen LogP contribution in [0.5, 0.6) is 0 Å². The van der Waals surface area contributed by atoms with E-state index in [9.17, 15) is 4.79 Å². The summed E-state index contributed by atoms with van der Waals surface area (Å²) in [5, 5.41) is 7.52. The van der Waals surface area contributed by atoms with Crippen LogP contribution in [0.25, 0.3) is 5.69 Å². The Kier molecular flexibility index (Phi) is 2.97. The van der Waals surface area contributed by atoms with Crippen molar-refractivity contribution in [3.63, 3.8) is 0 Å². The lowest BCUT2D eigenvalue weighted by Crippen LogP contribution is -1.95. The largest absolute Gasteiger partial charge is 0.296 e. The van der Waals surface area contributed by atoms with E-state index in [2.05, 4.69) is 42.2 Å². The topological polar surface area (TPSA) is 47.8 Å². The summed E-state index contributed by atoms with van der Waals surface area (Å²) in [7, 11) is 0. The molecule has 0 fully saturated rings. The highest BCUT2D eigenvalue weighted by Crippen LogP contribution is 2.24. The lowest BCUT2D eigenvalue weighted by atomic mass is 10.3. The average molecular weight is 331 g/mol. The molecule has 2 aromatic rings. The first kappa shape index (κ1) is 10.5. The minimum absolute atomic E-state index is 0.310. The minimum atomic E-state index is 0.310. The lowest BCUT2D eigenvalue weighted by molar-refractivity contribution is 0.111. The van der Waals surface area contributed by atoms with E-state index >= 15 is 0 Å². The van der Waals surface area contributed by atoms with Crippen LogP contribution in [-0.2, 0) is 0 Å². The van der Waals surface area contributed by atoms with Gasteiger partial charge in [-0.1, -0.05) is 21.1 Å². The number of benzene rings is 1. The van der Waals surface area contributed by atoms with Crippen molar-refractivity contribution in [2.24, 2.45) is 0 Å². The summed E-state index contributed by atoms with van der Waals surface area (Å²) < 4.78 is 3.38. The molecule has 76 valence electrons. The molecular weight excluding hydrogens is 326 g/mol. The molecular formula is C9H5Br2N3O. The maximum Gasteiger partial charge on any atom is 0.171 e. The maximum absolute atomic E-state index is 10.5. The van der Waals surface area contributed by atoms with Gasteiger partial charge in [0.15, 0.2) is 6.29 Å². The zero-order valence-corrected chi connectivity index (χ0v) is 10.6. The molecule has 0 saturated carbocycles. The molecule has 0 radical (unpaired) electrons. The molecule has 6 heteroatoms. The molecule has 0 bridgehead atoms. The summed E-state index contributed by atoms with van der Waals surface area (Å²) in [5.74, 6) is 0. The Balaban J connectivity index is 2.49. The van der Waals surface area contributed by atoms with E-state index in [0.717, 1.165) is 14.6 Å². The zero-order chi connectivity index (χ0) is 10.8. The third kappa shape index (κ3) is 2.15. The highest BCUT2D eigenvalue weighted by molar-refractivity contribution is 9.11. The van der Waals surface area contributed by atoms with Gasteiger partial charge >= 0.3 is 0 Å². The molecule has 0 saturated heterocycles. The van der Waals surface area contributed by atoms with E-state index in [1.165, 1.54) is 0 Å². The Bertz CT molecular complexity index is 510. The summed E-state index contributed by atoms with van der Waals surface area (Å²) in [5.41, 5.74) is 1.14. The monoisotopic (exact) mass is 329 g/mol. The Morgan fingerprint density at radius 3 is 2.73 bits per heavy atom. The van der Waals surface area contributed by atoms with E-state index in [4.69, 9.17) is 0 Å². The fourth-order valence-corrected chi connectivity index (χ4v) is 2.34. The first-order chi connectivity index (χ1) is 7.20. The predicted octanol–water partition coefficient (Wildman–Crippen LogP) is 2.60. The molecule has 0 atom stereocenters. The van der Waals surface area contributed by atoms with Crippen LogP contribution in [0.3, 0.4) is 0 Å². The van der Waals surface area contributed by atoms with E-state index in [1.807, 2.05) is 18.2 Å². The lowest BCUT2D eigenvalue weighted by Gasteiger charge is -2.02. The molecule has 0 aliphatic heterocycles. The van der Waals surface area contributed by atoms with Crippen molar-refractivity contribution in [1.29, 1.82) is 0 Å². The summed E-state index contributed by atoms with van der Waals surface area (Å²) in [6.07, 6.45) is 2.23. The molecule has 0 unspecified atom stereocenters. The number of hydrogen-bond acceptors (Lipinski definition) is 3. The highest BCUT2D eigenvalue weighted by Gasteiger charge is 2.05. The summed E-state index contributed by atoms with van der Waals surface area (Å²) in [6, 6.07) is 5.66. The van der Waals surface area contributed by atoms with Crippen LogP contribution < -0.4 is 0 Å². The average Bonchev–Trinajstić information content (AvgIpc) is 2.66. The maximum atomic E-state index is 10.5. The zero-order valence-electron chi connectivity index (χ0n) is 7.39. The smallest absolute Gasteiger partial charge is 0.171 e. The van der Waals surface area contributed by atoms with Crippen LogP contribution >= 0.6 is 31.9 Å². The number of carbonyl (C=O) groups excluding carboxylic acids is 1. The van der Waals surface area contributed by atoms with Crippen molar-refractivity contribution in [3.8, 4) is 5.69 Å². The van der Waals surface area contributed by atoms with Gasteiger partial charge in [-0.05, 0) is 34.1 Å². The van der Waals surface area contributed by atoms with Crippen molar-refractivity contribution in [3.05, 3.63) is 39.0 Å². The van der Waals surface area contributed by atoms with Gasteiger partial charge in [-0.15, -0.1) is 5.10 Å². The van der Waals surface area contributed by atoms with Gasteiger partial charge in [-0.2, -0.15) is 0 Å². The predicted molar refractivity (Wildman–Crippen MR) is 62.1 cm³/mol. The molecule has 2 rings (SSSR count). The Morgan fingerprint density at radius 2 is 2.13 bits per heavy atom. The second-order valence-electron chi connectivity index (χ2n) is 2.80. The SMILES string of the molecule is O=Cc1cn(-c2ccc(Br)cc2Br)nn1. The van der Waals surface area contributed by atoms with Crippen molar-refractivity contribution < 1.29 is 4.79 Å². The number of carbonyl (C=O) groups is 1. The summed E-state index contributed by atoms with van der Waals surface area (Å²) in [4.78, 5) is 10.5. The summed E-state index contributed by atoms with van der Waals surface area (Å²) >= 11 is 6.76. The molecule has 1 aromatic heterocycles. The van der Waals surface area contributed by atoms with Gasteiger partial charge in [-0.3, -0.25) is 4.79 Å². The molecule has 0 spiro atoms. The number of rotatable bonds is 2. The second-order valence-corrected chi connectivity index (χ2v) is 4.57. The molecule has 1 aromatic carbocycles. The van der Waals surface area contributed by atoms with Crippen molar-refractivity contribution in [2.75, 3.05) is 0 Å². The van der Waals surface area contributed by atoms with Crippen LogP contribution in [0.2, 0.25) is 0 Å². The van der Waals surface area contributed by atoms with Gasteiger partial charge in [-0.25, -0.2) is 4.68 Å². The number of aldehydes is 1. The molecule has 0 N–H and O–H groups in total. The third-order valence-electron chi connectivity index (χ3n) is 1.79. The molecule has 1 heterocycles. The van der Waals surface area contributed by atoms with E-state index in [1.54, 1.807) is 10.9 Å². The number of hydrogen-bond donors (Lipinski definition) is 0. The van der Waals surface area contributed by atoms with Crippen LogP contribution in [-0.4, -0.2) is 21.3 Å². The van der Waals surface area contributed by atoms with Crippen LogP contribution in [0, 0.1) is 0 Å². The van der Waals surface area contributed by atoms with Gasteiger partial charge in [0.2, 0.25) is 0 Å². The van der Waals surface area contributed by atoms with E-state index in [-0.39, 0.29) is 0 Å². The molecule has 4 nitrogen and oxygen atoms in total. The third-order valence-corrected chi connectivity index (χ3v) is 2.92. The van der Waals surface area contributed by atoms with Gasteiger partial charge in [0.05, 0.1) is 11.9 Å². The molecule has 0 aliphatic carbocycles. The number of halogens is 2. The fourth-order valence-electron chi connectivity index (χ4n) is 1.12. The van der Waals surface area contributed by atoms with Gasteiger partial charge < -0.3 is 0 Å². The highest BCUT2D eigenvalue weighted by atomic mass is 79.9. The van der Waals surface area contributed by atoms with Crippen LogP contribution in [0.1, 0.15) is 10.5 Å². The first-order valence-electron chi connectivity index (χ1n) is 4.03. The molecule has 0 aliphatic rings. The van der Waals surface area contributed by atoms with Crippen LogP contribution in [0.15, 0.2) is 33.3 Å². The standard InChI is InChI=1S/C9H5Br2N3O/c10-6-1-2-9(8(11)3-6)14-4-7(5-15)12-13-14/h1-5H. The molecule has 0 amide bonds. The van der Waals surface area contributed by atoms with Gasteiger partial charge in [0.25, 0.3) is 0 Å². The van der Waals surface area contributed by atoms with E-state index in [0.29, 0.717) is 12.0 Å². The first-order valence-corrected chi connectivity index (χ1v) is 5.62. The van der Waals surface area contributed by atoms with Gasteiger partial charge in [0.1, 0.15) is 5.69 Å². The fraction of sp³-hybridized carbons (Fsp3) is 0. The Labute approximate surface area is 103 Å². The normalized spacial score (nSPS) is 10.3. The quantitative estimate of drug-likeness (QED) is 0.795. The number of aromatic nitrogens is 3. The van der Waals surface area contributed by atoms with Gasteiger partial charge in [0, 0.05) is 8.95 Å².